The maximum Gasteiger partial charge on any atom is 0.278 e. The number of halogens is 2. The molecule has 2 rings (SSSR count). The van der Waals surface area contributed by atoms with Gasteiger partial charge in [-0.25, -0.2) is 0 Å². The zero-order valence-corrected chi connectivity index (χ0v) is 13.4. The highest BCUT2D eigenvalue weighted by atomic mass is 35.5. The third kappa shape index (κ3) is 3.97. The van der Waals surface area contributed by atoms with Gasteiger partial charge in [0.2, 0.25) is 0 Å². The molecule has 0 fully saturated rings. The van der Waals surface area contributed by atoms with E-state index in [9.17, 15) is 8.42 Å². The fourth-order valence-electron chi connectivity index (χ4n) is 1.60. The SMILES string of the molecule is CC(=NNS(=O)(=O)c1cc(Cl)ccc1Cl)c1ccccc1. The van der Waals surface area contributed by atoms with E-state index in [0.717, 1.165) is 5.56 Å². The van der Waals surface area contributed by atoms with Gasteiger partial charge in [0.15, 0.2) is 0 Å². The maximum atomic E-state index is 12.2. The van der Waals surface area contributed by atoms with Crippen LogP contribution in [0, 0.1) is 0 Å². The van der Waals surface area contributed by atoms with E-state index in [1.165, 1.54) is 18.2 Å². The van der Waals surface area contributed by atoms with E-state index in [1.54, 1.807) is 6.92 Å². The molecule has 0 saturated carbocycles. The van der Waals surface area contributed by atoms with Crippen LogP contribution in [-0.2, 0) is 10.0 Å². The lowest BCUT2D eigenvalue weighted by atomic mass is 10.1. The normalized spacial score (nSPS) is 12.2. The molecule has 0 saturated heterocycles. The summed E-state index contributed by atoms with van der Waals surface area (Å²) in [6, 6.07) is 13.4. The fourth-order valence-corrected chi connectivity index (χ4v) is 3.23. The molecule has 7 heteroatoms. The largest absolute Gasteiger partial charge is 0.278 e. The zero-order valence-electron chi connectivity index (χ0n) is 11.0. The predicted octanol–water partition coefficient (Wildman–Crippen LogP) is 3.70. The van der Waals surface area contributed by atoms with Gasteiger partial charge in [-0.05, 0) is 30.7 Å². The molecular formula is C14H12Cl2N2O2S. The predicted molar refractivity (Wildman–Crippen MR) is 85.4 cm³/mol. The van der Waals surface area contributed by atoms with Crippen LogP contribution >= 0.6 is 23.2 Å². The van der Waals surface area contributed by atoms with Crippen molar-refractivity contribution in [2.75, 3.05) is 0 Å². The number of nitrogens with zero attached hydrogens (tertiary/aromatic N) is 1. The van der Waals surface area contributed by atoms with Crippen molar-refractivity contribution < 1.29 is 8.42 Å². The molecule has 0 aliphatic heterocycles. The van der Waals surface area contributed by atoms with Gasteiger partial charge < -0.3 is 0 Å². The van der Waals surface area contributed by atoms with Crippen molar-refractivity contribution in [3.8, 4) is 0 Å². The number of sulfonamides is 1. The Labute approximate surface area is 133 Å². The van der Waals surface area contributed by atoms with Gasteiger partial charge in [-0.3, -0.25) is 0 Å². The fraction of sp³-hybridized carbons (Fsp3) is 0.0714. The average molecular weight is 343 g/mol. The second-order valence-electron chi connectivity index (χ2n) is 4.23. The van der Waals surface area contributed by atoms with E-state index in [-0.39, 0.29) is 14.9 Å². The van der Waals surface area contributed by atoms with Crippen LogP contribution in [0.15, 0.2) is 58.5 Å². The molecule has 0 aliphatic rings. The molecule has 0 radical (unpaired) electrons. The second-order valence-corrected chi connectivity index (χ2v) is 6.71. The van der Waals surface area contributed by atoms with Gasteiger partial charge in [0, 0.05) is 5.02 Å². The van der Waals surface area contributed by atoms with Crippen LogP contribution in [-0.4, -0.2) is 14.1 Å². The molecule has 0 spiro atoms. The molecular weight excluding hydrogens is 331 g/mol. The van der Waals surface area contributed by atoms with Gasteiger partial charge >= 0.3 is 0 Å². The van der Waals surface area contributed by atoms with Crippen LogP contribution in [0.5, 0.6) is 0 Å². The molecule has 0 aromatic heterocycles. The van der Waals surface area contributed by atoms with Crippen LogP contribution in [0.1, 0.15) is 12.5 Å². The molecule has 0 atom stereocenters. The Kier molecular flexibility index (Phi) is 4.88. The van der Waals surface area contributed by atoms with E-state index in [4.69, 9.17) is 23.2 Å². The van der Waals surface area contributed by atoms with Gasteiger partial charge in [0.05, 0.1) is 10.7 Å². The van der Waals surface area contributed by atoms with Crippen molar-refractivity contribution in [2.24, 2.45) is 5.10 Å². The Bertz CT molecular complexity index is 775. The molecule has 4 nitrogen and oxygen atoms in total. The summed E-state index contributed by atoms with van der Waals surface area (Å²) in [5.41, 5.74) is 1.36. The van der Waals surface area contributed by atoms with Crippen LogP contribution in [0.4, 0.5) is 0 Å². The van der Waals surface area contributed by atoms with Gasteiger partial charge in [0.25, 0.3) is 10.0 Å². The molecule has 1 N–H and O–H groups in total. The standard InChI is InChI=1S/C14H12Cl2N2O2S/c1-10(11-5-3-2-4-6-11)17-18-21(19,20)14-9-12(15)7-8-13(14)16/h2-9,18H,1H3. The Morgan fingerprint density at radius 3 is 2.43 bits per heavy atom. The molecule has 0 heterocycles. The first-order valence-electron chi connectivity index (χ1n) is 5.97. The number of hydrogen-bond acceptors (Lipinski definition) is 3. The van der Waals surface area contributed by atoms with Crippen molar-refractivity contribution in [3.05, 3.63) is 64.1 Å². The Morgan fingerprint density at radius 1 is 1.10 bits per heavy atom. The van der Waals surface area contributed by atoms with E-state index in [1.807, 2.05) is 30.3 Å². The summed E-state index contributed by atoms with van der Waals surface area (Å²) < 4.78 is 24.4. The average Bonchev–Trinajstić information content (AvgIpc) is 2.48. The zero-order chi connectivity index (χ0) is 15.5. The van der Waals surface area contributed by atoms with Gasteiger partial charge in [-0.15, -0.1) is 0 Å². The number of hydrogen-bond donors (Lipinski definition) is 1. The monoisotopic (exact) mass is 342 g/mol. The highest BCUT2D eigenvalue weighted by Crippen LogP contribution is 2.24. The maximum absolute atomic E-state index is 12.2. The van der Waals surface area contributed by atoms with Crippen LogP contribution in [0.2, 0.25) is 10.0 Å². The highest BCUT2D eigenvalue weighted by Gasteiger charge is 2.17. The summed E-state index contributed by atoms with van der Waals surface area (Å²) in [5.74, 6) is 0. The lowest BCUT2D eigenvalue weighted by Crippen LogP contribution is -2.20. The molecule has 0 amide bonds. The Hall–Kier alpha value is -1.56. The first kappa shape index (κ1) is 15.8. The minimum Gasteiger partial charge on any atom is -0.200 e. The first-order valence-corrected chi connectivity index (χ1v) is 8.20. The third-order valence-corrected chi connectivity index (χ3v) is 4.63. The third-order valence-electron chi connectivity index (χ3n) is 2.71. The number of hydrazone groups is 1. The van der Waals surface area contributed by atoms with Crippen LogP contribution < -0.4 is 4.83 Å². The summed E-state index contributed by atoms with van der Waals surface area (Å²) in [4.78, 5) is 2.05. The molecule has 0 aliphatic carbocycles. The summed E-state index contributed by atoms with van der Waals surface area (Å²) in [5, 5.41) is 4.25. The van der Waals surface area contributed by atoms with Crippen molar-refractivity contribution in [1.29, 1.82) is 0 Å². The van der Waals surface area contributed by atoms with Gasteiger partial charge in [-0.1, -0.05) is 53.5 Å². The first-order chi connectivity index (χ1) is 9.90. The van der Waals surface area contributed by atoms with E-state index >= 15 is 0 Å². The van der Waals surface area contributed by atoms with Gasteiger partial charge in [-0.2, -0.15) is 18.4 Å². The smallest absolute Gasteiger partial charge is 0.200 e. The summed E-state index contributed by atoms with van der Waals surface area (Å²) in [6.45, 7) is 1.71. The molecule has 2 aromatic rings. The number of rotatable bonds is 4. The Balaban J connectivity index is 2.28. The topological polar surface area (TPSA) is 58.5 Å². The lowest BCUT2D eigenvalue weighted by Gasteiger charge is -2.07. The number of nitrogens with one attached hydrogen (secondary N) is 1. The molecule has 0 unspecified atom stereocenters. The van der Waals surface area contributed by atoms with Crippen molar-refractivity contribution >= 4 is 38.9 Å². The molecule has 0 bridgehead atoms. The van der Waals surface area contributed by atoms with E-state index < -0.39 is 10.0 Å². The van der Waals surface area contributed by atoms with E-state index in [2.05, 4.69) is 9.93 Å². The van der Waals surface area contributed by atoms with Crippen molar-refractivity contribution in [1.82, 2.24) is 4.83 Å². The second kappa shape index (κ2) is 6.47. The van der Waals surface area contributed by atoms with Gasteiger partial charge in [0.1, 0.15) is 4.90 Å². The van der Waals surface area contributed by atoms with Crippen LogP contribution in [0.25, 0.3) is 0 Å². The lowest BCUT2D eigenvalue weighted by molar-refractivity contribution is 0.584. The van der Waals surface area contributed by atoms with Crippen molar-refractivity contribution in [3.63, 3.8) is 0 Å². The minimum absolute atomic E-state index is 0.0828. The quantitative estimate of drug-likeness (QED) is 0.680. The minimum atomic E-state index is -3.87. The summed E-state index contributed by atoms with van der Waals surface area (Å²) in [6.07, 6.45) is 0. The molecule has 21 heavy (non-hydrogen) atoms. The molecule has 110 valence electrons. The summed E-state index contributed by atoms with van der Waals surface area (Å²) in [7, 11) is -3.87. The van der Waals surface area contributed by atoms with Crippen LogP contribution in [0.3, 0.4) is 0 Å². The molecule has 2 aromatic carbocycles. The highest BCUT2D eigenvalue weighted by molar-refractivity contribution is 7.89. The summed E-state index contributed by atoms with van der Waals surface area (Å²) >= 11 is 11.7. The Morgan fingerprint density at radius 2 is 1.76 bits per heavy atom. The van der Waals surface area contributed by atoms with Crippen molar-refractivity contribution in [2.45, 2.75) is 11.8 Å². The van der Waals surface area contributed by atoms with E-state index in [0.29, 0.717) is 5.71 Å². The number of benzene rings is 2.